The van der Waals surface area contributed by atoms with Crippen molar-refractivity contribution in [1.29, 1.82) is 0 Å². The van der Waals surface area contributed by atoms with Crippen LogP contribution < -0.4 is 11.1 Å². The standard InChI is InChI=1S/C12H14F2N2OS/c13-8-1-2-9(15)11(14)10(8)12(17)16-7-3-5-18-6-4-7/h1-2,7H,3-6,15H2,(H,16,17). The summed E-state index contributed by atoms with van der Waals surface area (Å²) in [6, 6.07) is 2.10. The highest BCUT2D eigenvalue weighted by Gasteiger charge is 2.23. The summed E-state index contributed by atoms with van der Waals surface area (Å²) in [4.78, 5) is 11.9. The minimum atomic E-state index is -0.988. The van der Waals surface area contributed by atoms with Gasteiger partial charge in [0.05, 0.1) is 5.69 Å². The van der Waals surface area contributed by atoms with Gasteiger partial charge in [-0.25, -0.2) is 8.78 Å². The van der Waals surface area contributed by atoms with Crippen molar-refractivity contribution in [2.24, 2.45) is 0 Å². The van der Waals surface area contributed by atoms with Crippen molar-refractivity contribution < 1.29 is 13.6 Å². The number of hydrogen-bond acceptors (Lipinski definition) is 3. The molecule has 6 heteroatoms. The second-order valence-electron chi connectivity index (χ2n) is 4.19. The Morgan fingerprint density at radius 3 is 2.67 bits per heavy atom. The number of carbonyl (C=O) groups excluding carboxylic acids is 1. The third-order valence-corrected chi connectivity index (χ3v) is 3.95. The van der Waals surface area contributed by atoms with Gasteiger partial charge >= 0.3 is 0 Å². The number of nitrogens with one attached hydrogen (secondary N) is 1. The second kappa shape index (κ2) is 5.56. The highest BCUT2D eigenvalue weighted by atomic mass is 32.2. The number of carbonyl (C=O) groups is 1. The molecule has 18 heavy (non-hydrogen) atoms. The minimum Gasteiger partial charge on any atom is -0.396 e. The molecule has 0 spiro atoms. The maximum Gasteiger partial charge on any atom is 0.257 e. The van der Waals surface area contributed by atoms with Crippen molar-refractivity contribution in [2.75, 3.05) is 17.2 Å². The fraction of sp³-hybridized carbons (Fsp3) is 0.417. The van der Waals surface area contributed by atoms with Gasteiger partial charge in [0.15, 0.2) is 5.82 Å². The average Bonchev–Trinajstić information content (AvgIpc) is 2.36. The molecule has 1 saturated heterocycles. The van der Waals surface area contributed by atoms with Crippen LogP contribution >= 0.6 is 11.8 Å². The van der Waals surface area contributed by atoms with E-state index in [2.05, 4.69) is 5.32 Å². The Bertz CT molecular complexity index is 462. The summed E-state index contributed by atoms with van der Waals surface area (Å²) >= 11 is 1.81. The van der Waals surface area contributed by atoms with E-state index in [0.717, 1.165) is 36.5 Å². The zero-order valence-electron chi connectivity index (χ0n) is 9.71. The largest absolute Gasteiger partial charge is 0.396 e. The molecule has 98 valence electrons. The lowest BCUT2D eigenvalue weighted by Crippen LogP contribution is -2.38. The summed E-state index contributed by atoms with van der Waals surface area (Å²) in [6.45, 7) is 0. The van der Waals surface area contributed by atoms with Crippen molar-refractivity contribution in [2.45, 2.75) is 18.9 Å². The number of thioether (sulfide) groups is 1. The van der Waals surface area contributed by atoms with Crippen LogP contribution in [-0.4, -0.2) is 23.5 Å². The molecule has 1 heterocycles. The normalized spacial score (nSPS) is 16.6. The van der Waals surface area contributed by atoms with Crippen LogP contribution in [0, 0.1) is 11.6 Å². The lowest BCUT2D eigenvalue weighted by atomic mass is 10.1. The van der Waals surface area contributed by atoms with Gasteiger partial charge in [-0.2, -0.15) is 11.8 Å². The number of nitrogen functional groups attached to an aromatic ring is 1. The molecular weight excluding hydrogens is 258 g/mol. The van der Waals surface area contributed by atoms with E-state index in [0.29, 0.717) is 0 Å². The molecule has 1 aromatic carbocycles. The van der Waals surface area contributed by atoms with E-state index in [1.807, 2.05) is 11.8 Å². The van der Waals surface area contributed by atoms with Crippen molar-refractivity contribution >= 4 is 23.4 Å². The summed E-state index contributed by atoms with van der Waals surface area (Å²) < 4.78 is 27.1. The molecule has 3 nitrogen and oxygen atoms in total. The zero-order valence-corrected chi connectivity index (χ0v) is 10.5. The fourth-order valence-corrected chi connectivity index (χ4v) is 2.98. The smallest absolute Gasteiger partial charge is 0.257 e. The summed E-state index contributed by atoms with van der Waals surface area (Å²) in [5, 5.41) is 2.66. The van der Waals surface area contributed by atoms with E-state index in [1.54, 1.807) is 0 Å². The Labute approximate surface area is 108 Å². The number of hydrogen-bond donors (Lipinski definition) is 2. The van der Waals surface area contributed by atoms with E-state index >= 15 is 0 Å². The Balaban J connectivity index is 2.15. The van der Waals surface area contributed by atoms with E-state index in [9.17, 15) is 13.6 Å². The highest BCUT2D eigenvalue weighted by Crippen LogP contribution is 2.21. The van der Waals surface area contributed by atoms with Crippen LogP contribution in [0.2, 0.25) is 0 Å². The van der Waals surface area contributed by atoms with Crippen LogP contribution in [0.15, 0.2) is 12.1 Å². The fourth-order valence-electron chi connectivity index (χ4n) is 1.88. The van der Waals surface area contributed by atoms with Gasteiger partial charge in [-0.1, -0.05) is 0 Å². The molecule has 1 amide bonds. The first-order valence-electron chi connectivity index (χ1n) is 5.71. The molecule has 2 rings (SSSR count). The molecule has 0 radical (unpaired) electrons. The van der Waals surface area contributed by atoms with Crippen LogP contribution in [0.1, 0.15) is 23.2 Å². The maximum absolute atomic E-state index is 13.6. The van der Waals surface area contributed by atoms with E-state index in [1.165, 1.54) is 0 Å². The molecular formula is C12H14F2N2OS. The molecule has 0 saturated carbocycles. The first-order chi connectivity index (χ1) is 8.59. The molecule has 0 aliphatic carbocycles. The summed E-state index contributed by atoms with van der Waals surface area (Å²) in [5.41, 5.74) is 4.52. The summed E-state index contributed by atoms with van der Waals surface area (Å²) in [7, 11) is 0. The zero-order chi connectivity index (χ0) is 13.1. The molecule has 1 fully saturated rings. The number of halogens is 2. The van der Waals surface area contributed by atoms with E-state index in [4.69, 9.17) is 5.73 Å². The summed E-state index contributed by atoms with van der Waals surface area (Å²) in [5.74, 6) is -0.698. The minimum absolute atomic E-state index is 0.0148. The monoisotopic (exact) mass is 272 g/mol. The van der Waals surface area contributed by atoms with Gasteiger partial charge in [0, 0.05) is 6.04 Å². The topological polar surface area (TPSA) is 55.1 Å². The third kappa shape index (κ3) is 2.75. The molecule has 3 N–H and O–H groups in total. The van der Waals surface area contributed by atoms with E-state index < -0.39 is 23.1 Å². The predicted molar refractivity (Wildman–Crippen MR) is 68.6 cm³/mol. The van der Waals surface area contributed by atoms with Crippen LogP contribution in [0.5, 0.6) is 0 Å². The van der Waals surface area contributed by atoms with Crippen LogP contribution in [-0.2, 0) is 0 Å². The number of rotatable bonds is 2. The van der Waals surface area contributed by atoms with Gasteiger partial charge in [0.1, 0.15) is 11.4 Å². The van der Waals surface area contributed by atoms with Gasteiger partial charge in [-0.15, -0.1) is 0 Å². The maximum atomic E-state index is 13.6. The van der Waals surface area contributed by atoms with Crippen molar-refractivity contribution in [3.8, 4) is 0 Å². The number of benzene rings is 1. The molecule has 0 aromatic heterocycles. The second-order valence-corrected chi connectivity index (χ2v) is 5.41. The number of amides is 1. The molecule has 1 aliphatic heterocycles. The lowest BCUT2D eigenvalue weighted by Gasteiger charge is -2.22. The van der Waals surface area contributed by atoms with Crippen molar-refractivity contribution in [1.82, 2.24) is 5.32 Å². The Hall–Kier alpha value is -1.30. The van der Waals surface area contributed by atoms with Crippen LogP contribution in [0.3, 0.4) is 0 Å². The first-order valence-corrected chi connectivity index (χ1v) is 6.87. The Kier molecular flexibility index (Phi) is 4.06. The molecule has 0 bridgehead atoms. The summed E-state index contributed by atoms with van der Waals surface area (Å²) in [6.07, 6.45) is 1.64. The number of anilines is 1. The van der Waals surface area contributed by atoms with E-state index in [-0.39, 0.29) is 11.7 Å². The number of nitrogens with two attached hydrogens (primary N) is 1. The predicted octanol–water partition coefficient (Wildman–Crippen LogP) is 2.17. The Morgan fingerprint density at radius 1 is 1.33 bits per heavy atom. The third-order valence-electron chi connectivity index (χ3n) is 2.90. The van der Waals surface area contributed by atoms with Gasteiger partial charge in [-0.05, 0) is 36.5 Å². The SMILES string of the molecule is Nc1ccc(F)c(C(=O)NC2CCSCC2)c1F. The molecule has 0 atom stereocenters. The molecule has 1 aromatic rings. The molecule has 0 unspecified atom stereocenters. The van der Waals surface area contributed by atoms with Gasteiger partial charge in [0.2, 0.25) is 0 Å². The quantitative estimate of drug-likeness (QED) is 0.811. The average molecular weight is 272 g/mol. The molecule has 1 aliphatic rings. The van der Waals surface area contributed by atoms with Crippen molar-refractivity contribution in [3.05, 3.63) is 29.3 Å². The first kappa shape index (κ1) is 13.1. The highest BCUT2D eigenvalue weighted by molar-refractivity contribution is 7.99. The van der Waals surface area contributed by atoms with Gasteiger partial charge in [0.25, 0.3) is 5.91 Å². The Morgan fingerprint density at radius 2 is 2.00 bits per heavy atom. The van der Waals surface area contributed by atoms with Gasteiger partial charge in [-0.3, -0.25) is 4.79 Å². The van der Waals surface area contributed by atoms with Crippen LogP contribution in [0.4, 0.5) is 14.5 Å². The van der Waals surface area contributed by atoms with Crippen LogP contribution in [0.25, 0.3) is 0 Å². The van der Waals surface area contributed by atoms with Crippen molar-refractivity contribution in [3.63, 3.8) is 0 Å². The lowest BCUT2D eigenvalue weighted by molar-refractivity contribution is 0.0926. The van der Waals surface area contributed by atoms with Gasteiger partial charge < -0.3 is 11.1 Å².